The van der Waals surface area contributed by atoms with E-state index in [9.17, 15) is 13.2 Å². The predicted molar refractivity (Wildman–Crippen MR) is 83.0 cm³/mol. The van der Waals surface area contributed by atoms with Gasteiger partial charge in [0.05, 0.1) is 24.4 Å². The van der Waals surface area contributed by atoms with Crippen molar-refractivity contribution >= 4 is 0 Å². The zero-order valence-electron chi connectivity index (χ0n) is 13.5. The van der Waals surface area contributed by atoms with E-state index in [4.69, 9.17) is 5.11 Å². The largest absolute Gasteiger partial charge is 0.416 e. The second-order valence-electron chi connectivity index (χ2n) is 5.89. The van der Waals surface area contributed by atoms with Crippen LogP contribution in [0, 0.1) is 0 Å². The highest BCUT2D eigenvalue weighted by Crippen LogP contribution is 2.29. The molecule has 2 heterocycles. The quantitative estimate of drug-likeness (QED) is 0.854. The normalized spacial score (nSPS) is 17.1. The van der Waals surface area contributed by atoms with Crippen LogP contribution in [0.25, 0.3) is 5.69 Å². The number of aliphatic hydroxyl groups excluding tert-OH is 1. The van der Waals surface area contributed by atoms with Crippen molar-refractivity contribution in [2.75, 3.05) is 39.3 Å². The monoisotopic (exact) mass is 356 g/mol. The number of aliphatic hydroxyl groups is 1. The van der Waals surface area contributed by atoms with Crippen molar-refractivity contribution in [1.82, 2.24) is 30.0 Å². The molecule has 1 saturated heterocycles. The predicted octanol–water partition coefficient (Wildman–Crippen LogP) is 0.791. The zero-order chi connectivity index (χ0) is 17.9. The lowest BCUT2D eigenvalue weighted by atomic mass is 10.2. The molecule has 0 spiro atoms. The molecule has 1 fully saturated rings. The van der Waals surface area contributed by atoms with Crippen LogP contribution >= 0.6 is 0 Å². The number of β-amino-alcohol motifs (C(OH)–C–C–N with tert-alkyl or cyclic N) is 1. The minimum atomic E-state index is -4.36. The Kier molecular flexibility index (Phi) is 5.30. The fourth-order valence-corrected chi connectivity index (χ4v) is 2.81. The van der Waals surface area contributed by atoms with Crippen molar-refractivity contribution in [2.24, 2.45) is 0 Å². The molecule has 1 aliphatic rings. The highest BCUT2D eigenvalue weighted by molar-refractivity contribution is 5.35. The van der Waals surface area contributed by atoms with Crippen molar-refractivity contribution in [3.8, 4) is 5.69 Å². The van der Waals surface area contributed by atoms with Gasteiger partial charge in [-0.05, 0) is 34.7 Å². The third-order valence-corrected chi connectivity index (χ3v) is 4.22. The molecular weight excluding hydrogens is 337 g/mol. The summed E-state index contributed by atoms with van der Waals surface area (Å²) in [6, 6.07) is 4.77. The molecule has 1 N–H and O–H groups in total. The highest BCUT2D eigenvalue weighted by atomic mass is 19.4. The maximum absolute atomic E-state index is 12.7. The summed E-state index contributed by atoms with van der Waals surface area (Å²) in [4.78, 5) is 4.36. The summed E-state index contributed by atoms with van der Waals surface area (Å²) in [5.41, 5.74) is -0.210. The second-order valence-corrected chi connectivity index (χ2v) is 5.89. The second kappa shape index (κ2) is 7.46. The summed E-state index contributed by atoms with van der Waals surface area (Å²) in [7, 11) is 0. The summed E-state index contributed by atoms with van der Waals surface area (Å²) < 4.78 is 39.4. The highest BCUT2D eigenvalue weighted by Gasteiger charge is 2.30. The van der Waals surface area contributed by atoms with Crippen LogP contribution in [0.1, 0.15) is 11.4 Å². The maximum Gasteiger partial charge on any atom is 0.416 e. The number of tetrazole rings is 1. The SMILES string of the molecule is OCCN1CCN(Cc2nnnn2-c2ccc(C(F)(F)F)cc2)CC1. The maximum atomic E-state index is 12.7. The van der Waals surface area contributed by atoms with Gasteiger partial charge >= 0.3 is 6.18 Å². The van der Waals surface area contributed by atoms with Gasteiger partial charge in [-0.3, -0.25) is 9.80 Å². The molecule has 0 amide bonds. The van der Waals surface area contributed by atoms with Crippen LogP contribution in [0.3, 0.4) is 0 Å². The molecule has 0 atom stereocenters. The van der Waals surface area contributed by atoms with Crippen LogP contribution in [0.5, 0.6) is 0 Å². The molecule has 3 rings (SSSR count). The Labute approximate surface area is 142 Å². The summed E-state index contributed by atoms with van der Waals surface area (Å²) >= 11 is 0. The molecule has 1 aromatic heterocycles. The van der Waals surface area contributed by atoms with Gasteiger partial charge in [0, 0.05) is 32.7 Å². The van der Waals surface area contributed by atoms with Crippen molar-refractivity contribution in [2.45, 2.75) is 12.7 Å². The van der Waals surface area contributed by atoms with Gasteiger partial charge < -0.3 is 5.11 Å². The number of halogens is 3. The first kappa shape index (κ1) is 17.8. The number of nitrogens with zero attached hydrogens (tertiary/aromatic N) is 6. The van der Waals surface area contributed by atoms with E-state index in [0.29, 0.717) is 24.6 Å². The first-order valence-electron chi connectivity index (χ1n) is 7.98. The van der Waals surface area contributed by atoms with E-state index in [1.54, 1.807) is 0 Å². The average molecular weight is 356 g/mol. The average Bonchev–Trinajstić information content (AvgIpc) is 3.04. The zero-order valence-corrected chi connectivity index (χ0v) is 13.5. The molecule has 136 valence electrons. The molecule has 10 heteroatoms. The number of hydrogen-bond acceptors (Lipinski definition) is 6. The number of rotatable bonds is 5. The molecule has 0 aliphatic carbocycles. The number of aromatic nitrogens is 4. The first-order valence-corrected chi connectivity index (χ1v) is 7.98. The van der Waals surface area contributed by atoms with Crippen molar-refractivity contribution in [1.29, 1.82) is 0 Å². The van der Waals surface area contributed by atoms with E-state index in [1.807, 2.05) is 0 Å². The third kappa shape index (κ3) is 4.33. The van der Waals surface area contributed by atoms with Crippen LogP contribution in [-0.2, 0) is 12.7 Å². The van der Waals surface area contributed by atoms with E-state index in [1.165, 1.54) is 16.8 Å². The number of piperazine rings is 1. The van der Waals surface area contributed by atoms with Gasteiger partial charge in [0.2, 0.25) is 0 Å². The molecule has 0 unspecified atom stereocenters. The topological polar surface area (TPSA) is 70.3 Å². The van der Waals surface area contributed by atoms with Crippen molar-refractivity contribution in [3.63, 3.8) is 0 Å². The third-order valence-electron chi connectivity index (χ3n) is 4.22. The fourth-order valence-electron chi connectivity index (χ4n) is 2.81. The Bertz CT molecular complexity index is 679. The van der Waals surface area contributed by atoms with Gasteiger partial charge in [0.1, 0.15) is 0 Å². The van der Waals surface area contributed by atoms with Gasteiger partial charge in [-0.2, -0.15) is 17.9 Å². The van der Waals surface area contributed by atoms with E-state index in [-0.39, 0.29) is 6.61 Å². The summed E-state index contributed by atoms with van der Waals surface area (Å²) in [5.74, 6) is 0.579. The lowest BCUT2D eigenvalue weighted by Crippen LogP contribution is -2.46. The van der Waals surface area contributed by atoms with Crippen LogP contribution in [0.4, 0.5) is 13.2 Å². The Hall–Kier alpha value is -2.04. The van der Waals surface area contributed by atoms with E-state index < -0.39 is 11.7 Å². The summed E-state index contributed by atoms with van der Waals surface area (Å²) in [6.07, 6.45) is -4.36. The Morgan fingerprint density at radius 1 is 1.00 bits per heavy atom. The molecule has 7 nitrogen and oxygen atoms in total. The van der Waals surface area contributed by atoms with Gasteiger partial charge in [-0.15, -0.1) is 5.10 Å². The minimum absolute atomic E-state index is 0.145. The standard InChI is InChI=1S/C15H19F3N6O/c16-15(17,18)12-1-3-13(4-2-12)24-14(19-20-21-24)11-23-7-5-22(6-8-23)9-10-25/h1-4,25H,5-11H2. The minimum Gasteiger partial charge on any atom is -0.395 e. The van der Waals surface area contributed by atoms with Gasteiger partial charge in [-0.1, -0.05) is 0 Å². The van der Waals surface area contributed by atoms with E-state index >= 15 is 0 Å². The number of hydrogen-bond donors (Lipinski definition) is 1. The fraction of sp³-hybridized carbons (Fsp3) is 0.533. The molecule has 25 heavy (non-hydrogen) atoms. The lowest BCUT2D eigenvalue weighted by molar-refractivity contribution is -0.137. The van der Waals surface area contributed by atoms with Crippen LogP contribution in [0.2, 0.25) is 0 Å². The summed E-state index contributed by atoms with van der Waals surface area (Å²) in [6.45, 7) is 4.66. The molecule has 0 radical (unpaired) electrons. The smallest absolute Gasteiger partial charge is 0.395 e. The van der Waals surface area contributed by atoms with Crippen LogP contribution < -0.4 is 0 Å². The number of alkyl halides is 3. The Morgan fingerprint density at radius 3 is 2.24 bits per heavy atom. The van der Waals surface area contributed by atoms with Crippen LogP contribution in [0.15, 0.2) is 24.3 Å². The first-order chi connectivity index (χ1) is 12.0. The van der Waals surface area contributed by atoms with E-state index in [0.717, 1.165) is 38.3 Å². The Balaban J connectivity index is 1.67. The van der Waals surface area contributed by atoms with Gasteiger partial charge in [0.25, 0.3) is 0 Å². The van der Waals surface area contributed by atoms with Crippen LogP contribution in [-0.4, -0.2) is 74.4 Å². The molecule has 0 saturated carbocycles. The van der Waals surface area contributed by atoms with Crippen molar-refractivity contribution in [3.05, 3.63) is 35.7 Å². The lowest BCUT2D eigenvalue weighted by Gasteiger charge is -2.33. The van der Waals surface area contributed by atoms with E-state index in [2.05, 4.69) is 25.3 Å². The van der Waals surface area contributed by atoms with Gasteiger partial charge in [-0.25, -0.2) is 0 Å². The molecular formula is C15H19F3N6O. The number of benzene rings is 1. The molecule has 1 aliphatic heterocycles. The molecule has 2 aromatic rings. The Morgan fingerprint density at radius 2 is 1.64 bits per heavy atom. The summed E-state index contributed by atoms with van der Waals surface area (Å²) in [5, 5.41) is 20.5. The molecule has 0 bridgehead atoms. The van der Waals surface area contributed by atoms with Crippen molar-refractivity contribution < 1.29 is 18.3 Å². The molecule has 1 aromatic carbocycles. The van der Waals surface area contributed by atoms with Gasteiger partial charge in [0.15, 0.2) is 5.82 Å².